The minimum atomic E-state index is 0.0215. The van der Waals surface area contributed by atoms with Crippen molar-refractivity contribution < 1.29 is 9.47 Å². The standard InChI is InChI=1S/C14H26N2O2/c1-11-6-12(15)9-16(8-11)13-2-4-18-14(7-13)3-5-17-10-14/h11-13H,2-10,15H2,1H3. The van der Waals surface area contributed by atoms with Gasteiger partial charge in [0.05, 0.1) is 12.2 Å². The summed E-state index contributed by atoms with van der Waals surface area (Å²) in [5.74, 6) is 0.729. The van der Waals surface area contributed by atoms with Crippen LogP contribution in [0.25, 0.3) is 0 Å². The van der Waals surface area contributed by atoms with Crippen molar-refractivity contribution in [2.24, 2.45) is 11.7 Å². The van der Waals surface area contributed by atoms with Crippen molar-refractivity contribution in [2.75, 3.05) is 32.9 Å². The zero-order chi connectivity index (χ0) is 12.6. The molecule has 4 unspecified atom stereocenters. The van der Waals surface area contributed by atoms with E-state index in [-0.39, 0.29) is 5.60 Å². The topological polar surface area (TPSA) is 47.7 Å². The molecule has 0 aliphatic carbocycles. The van der Waals surface area contributed by atoms with E-state index in [2.05, 4.69) is 11.8 Å². The molecule has 0 aromatic heterocycles. The fourth-order valence-corrected chi connectivity index (χ4v) is 3.92. The van der Waals surface area contributed by atoms with E-state index in [1.807, 2.05) is 0 Å². The maximum Gasteiger partial charge on any atom is 0.0951 e. The lowest BCUT2D eigenvalue weighted by molar-refractivity contribution is -0.110. The van der Waals surface area contributed by atoms with Crippen molar-refractivity contribution in [3.05, 3.63) is 0 Å². The molecule has 0 bridgehead atoms. The zero-order valence-corrected chi connectivity index (χ0v) is 11.4. The molecule has 18 heavy (non-hydrogen) atoms. The number of nitrogens with zero attached hydrogens (tertiary/aromatic N) is 1. The Hall–Kier alpha value is -0.160. The summed E-state index contributed by atoms with van der Waals surface area (Å²) in [5.41, 5.74) is 6.19. The first kappa shape index (κ1) is 12.9. The summed E-state index contributed by atoms with van der Waals surface area (Å²) < 4.78 is 11.6. The highest BCUT2D eigenvalue weighted by atomic mass is 16.6. The molecule has 0 aromatic rings. The van der Waals surface area contributed by atoms with Crippen LogP contribution in [0.3, 0.4) is 0 Å². The normalized spacial score (nSPS) is 46.7. The van der Waals surface area contributed by atoms with Crippen LogP contribution in [-0.4, -0.2) is 55.5 Å². The molecule has 2 N–H and O–H groups in total. The summed E-state index contributed by atoms with van der Waals surface area (Å²) in [7, 11) is 0. The number of ether oxygens (including phenoxy) is 2. The Balaban J connectivity index is 1.64. The first-order valence-corrected chi connectivity index (χ1v) is 7.38. The smallest absolute Gasteiger partial charge is 0.0951 e. The summed E-state index contributed by atoms with van der Waals surface area (Å²) in [4.78, 5) is 2.61. The van der Waals surface area contributed by atoms with Crippen LogP contribution in [-0.2, 0) is 9.47 Å². The van der Waals surface area contributed by atoms with Crippen LogP contribution in [0.4, 0.5) is 0 Å². The molecule has 0 aromatic carbocycles. The molecule has 0 radical (unpaired) electrons. The SMILES string of the molecule is CC1CC(N)CN(C2CCOC3(CCOC3)C2)C1. The summed E-state index contributed by atoms with van der Waals surface area (Å²) in [6.07, 6.45) is 4.53. The van der Waals surface area contributed by atoms with E-state index in [9.17, 15) is 0 Å². The van der Waals surface area contributed by atoms with Gasteiger partial charge < -0.3 is 15.2 Å². The van der Waals surface area contributed by atoms with Crippen molar-refractivity contribution in [3.8, 4) is 0 Å². The average molecular weight is 254 g/mol. The van der Waals surface area contributed by atoms with E-state index in [0.29, 0.717) is 12.1 Å². The summed E-state index contributed by atoms with van der Waals surface area (Å²) in [6.45, 7) is 7.12. The maximum absolute atomic E-state index is 6.17. The highest BCUT2D eigenvalue weighted by Gasteiger charge is 2.43. The highest BCUT2D eigenvalue weighted by molar-refractivity contribution is 4.95. The Labute approximate surface area is 110 Å². The summed E-state index contributed by atoms with van der Waals surface area (Å²) in [6, 6.07) is 1.00. The van der Waals surface area contributed by atoms with Crippen LogP contribution in [0.2, 0.25) is 0 Å². The predicted molar refractivity (Wildman–Crippen MR) is 70.5 cm³/mol. The Morgan fingerprint density at radius 1 is 1.28 bits per heavy atom. The Morgan fingerprint density at radius 2 is 2.17 bits per heavy atom. The van der Waals surface area contributed by atoms with E-state index in [0.717, 1.165) is 51.5 Å². The summed E-state index contributed by atoms with van der Waals surface area (Å²) >= 11 is 0. The molecule has 1 spiro atoms. The predicted octanol–water partition coefficient (Wildman–Crippen LogP) is 0.994. The van der Waals surface area contributed by atoms with Crippen LogP contribution in [0.5, 0.6) is 0 Å². The molecule has 104 valence electrons. The minimum absolute atomic E-state index is 0.0215. The van der Waals surface area contributed by atoms with Gasteiger partial charge in [-0.2, -0.15) is 0 Å². The third-order valence-corrected chi connectivity index (χ3v) is 4.77. The van der Waals surface area contributed by atoms with Crippen molar-refractivity contribution in [1.82, 2.24) is 4.90 Å². The van der Waals surface area contributed by atoms with Crippen molar-refractivity contribution in [2.45, 2.75) is 50.3 Å². The first-order valence-electron chi connectivity index (χ1n) is 7.38. The molecule has 0 amide bonds. The average Bonchev–Trinajstić information content (AvgIpc) is 2.76. The zero-order valence-electron chi connectivity index (χ0n) is 11.4. The lowest BCUT2D eigenvalue weighted by Gasteiger charge is -2.45. The number of hydrogen-bond donors (Lipinski definition) is 1. The van der Waals surface area contributed by atoms with Crippen LogP contribution < -0.4 is 5.73 Å². The largest absolute Gasteiger partial charge is 0.378 e. The van der Waals surface area contributed by atoms with Gasteiger partial charge >= 0.3 is 0 Å². The number of piperidine rings is 1. The van der Waals surface area contributed by atoms with Gasteiger partial charge in [0.15, 0.2) is 0 Å². The lowest BCUT2D eigenvalue weighted by Crippen LogP contribution is -2.55. The van der Waals surface area contributed by atoms with Crippen molar-refractivity contribution in [1.29, 1.82) is 0 Å². The molecular weight excluding hydrogens is 228 g/mol. The molecule has 3 saturated heterocycles. The second kappa shape index (κ2) is 5.08. The van der Waals surface area contributed by atoms with E-state index in [1.165, 1.54) is 13.0 Å². The van der Waals surface area contributed by atoms with E-state index < -0.39 is 0 Å². The molecule has 0 saturated carbocycles. The molecule has 4 nitrogen and oxygen atoms in total. The number of hydrogen-bond acceptors (Lipinski definition) is 4. The Morgan fingerprint density at radius 3 is 2.89 bits per heavy atom. The van der Waals surface area contributed by atoms with Gasteiger partial charge in [-0.3, -0.25) is 4.90 Å². The quantitative estimate of drug-likeness (QED) is 0.758. The van der Waals surface area contributed by atoms with E-state index in [1.54, 1.807) is 0 Å². The molecule has 3 aliphatic rings. The second-order valence-electron chi connectivity index (χ2n) is 6.54. The molecular formula is C14H26N2O2. The van der Waals surface area contributed by atoms with Crippen LogP contribution >= 0.6 is 0 Å². The third kappa shape index (κ3) is 2.57. The molecule has 3 aliphatic heterocycles. The first-order chi connectivity index (χ1) is 8.67. The van der Waals surface area contributed by atoms with Gasteiger partial charge in [0.25, 0.3) is 0 Å². The number of likely N-dealkylation sites (tertiary alicyclic amines) is 1. The third-order valence-electron chi connectivity index (χ3n) is 4.77. The fraction of sp³-hybridized carbons (Fsp3) is 1.00. The van der Waals surface area contributed by atoms with Gasteiger partial charge in [0.2, 0.25) is 0 Å². The molecule has 3 rings (SSSR count). The summed E-state index contributed by atoms with van der Waals surface area (Å²) in [5, 5.41) is 0. The molecule has 4 atom stereocenters. The maximum atomic E-state index is 6.17. The highest BCUT2D eigenvalue weighted by Crippen LogP contribution is 2.35. The lowest BCUT2D eigenvalue weighted by atomic mass is 9.86. The Bertz CT molecular complexity index is 282. The second-order valence-corrected chi connectivity index (χ2v) is 6.54. The van der Waals surface area contributed by atoms with E-state index in [4.69, 9.17) is 15.2 Å². The van der Waals surface area contributed by atoms with Crippen LogP contribution in [0.1, 0.15) is 32.6 Å². The van der Waals surface area contributed by atoms with Gasteiger partial charge in [-0.15, -0.1) is 0 Å². The van der Waals surface area contributed by atoms with Gasteiger partial charge in [0, 0.05) is 44.8 Å². The fourth-order valence-electron chi connectivity index (χ4n) is 3.92. The van der Waals surface area contributed by atoms with Gasteiger partial charge in [0.1, 0.15) is 0 Å². The van der Waals surface area contributed by atoms with Gasteiger partial charge in [-0.25, -0.2) is 0 Å². The van der Waals surface area contributed by atoms with Crippen LogP contribution in [0, 0.1) is 5.92 Å². The number of rotatable bonds is 1. The van der Waals surface area contributed by atoms with Gasteiger partial charge in [-0.1, -0.05) is 6.92 Å². The van der Waals surface area contributed by atoms with Crippen molar-refractivity contribution >= 4 is 0 Å². The van der Waals surface area contributed by atoms with Crippen molar-refractivity contribution in [3.63, 3.8) is 0 Å². The monoisotopic (exact) mass is 254 g/mol. The molecule has 3 fully saturated rings. The van der Waals surface area contributed by atoms with Gasteiger partial charge in [-0.05, 0) is 25.2 Å². The van der Waals surface area contributed by atoms with Crippen LogP contribution in [0.15, 0.2) is 0 Å². The molecule has 3 heterocycles. The Kier molecular flexibility index (Phi) is 3.63. The van der Waals surface area contributed by atoms with E-state index >= 15 is 0 Å². The number of nitrogens with two attached hydrogens (primary N) is 1. The minimum Gasteiger partial charge on any atom is -0.378 e. The molecule has 4 heteroatoms.